The summed E-state index contributed by atoms with van der Waals surface area (Å²) in [7, 11) is -2.66. The fourth-order valence-electron chi connectivity index (χ4n) is 2.50. The number of esters is 1. The van der Waals surface area contributed by atoms with Gasteiger partial charge in [-0.2, -0.15) is 4.31 Å². The molecule has 0 unspecified atom stereocenters. The summed E-state index contributed by atoms with van der Waals surface area (Å²) in [4.78, 5) is 24.4. The van der Waals surface area contributed by atoms with Crippen molar-refractivity contribution in [2.75, 3.05) is 44.8 Å². The van der Waals surface area contributed by atoms with E-state index in [1.165, 1.54) is 18.9 Å². The molecule has 11 heteroatoms. The maximum Gasteiger partial charge on any atom is 0.315 e. The molecule has 0 spiro atoms. The standard InChI is InChI=1S/C16H20F2N2O5S2/c1-25-16(22)11-26-9-4-15(21)19-5-7-20(8-6-19)27(23,24)12-2-3-13(17)14(18)10-12/h2-3,10H,4-9,11H2,1H3. The van der Waals surface area contributed by atoms with Crippen LogP contribution in [0.25, 0.3) is 0 Å². The third kappa shape index (κ3) is 5.63. The van der Waals surface area contributed by atoms with Gasteiger partial charge in [0.15, 0.2) is 11.6 Å². The largest absolute Gasteiger partial charge is 0.468 e. The van der Waals surface area contributed by atoms with Crippen molar-refractivity contribution in [1.29, 1.82) is 0 Å². The topological polar surface area (TPSA) is 84.0 Å². The quantitative estimate of drug-likeness (QED) is 0.483. The van der Waals surface area contributed by atoms with Crippen LogP contribution in [0, 0.1) is 11.6 Å². The minimum atomic E-state index is -3.95. The number of sulfonamides is 1. The molecular weight excluding hydrogens is 402 g/mol. The first-order valence-electron chi connectivity index (χ1n) is 8.13. The Morgan fingerprint density at radius 1 is 1.15 bits per heavy atom. The fraction of sp³-hybridized carbons (Fsp3) is 0.500. The summed E-state index contributed by atoms with van der Waals surface area (Å²) in [6, 6.07) is 2.44. The van der Waals surface area contributed by atoms with Gasteiger partial charge >= 0.3 is 5.97 Å². The molecule has 1 aliphatic rings. The molecule has 0 bridgehead atoms. The van der Waals surface area contributed by atoms with Crippen LogP contribution < -0.4 is 0 Å². The van der Waals surface area contributed by atoms with Gasteiger partial charge in [0.25, 0.3) is 0 Å². The minimum absolute atomic E-state index is 0.0718. The Labute approximate surface area is 160 Å². The molecule has 27 heavy (non-hydrogen) atoms. The number of amides is 1. The predicted molar refractivity (Wildman–Crippen MR) is 95.7 cm³/mol. The predicted octanol–water partition coefficient (Wildman–Crippen LogP) is 1.09. The maximum absolute atomic E-state index is 13.3. The van der Waals surface area contributed by atoms with Gasteiger partial charge in [-0.05, 0) is 18.2 Å². The lowest BCUT2D eigenvalue weighted by Gasteiger charge is -2.34. The van der Waals surface area contributed by atoms with Crippen LogP contribution in [0.1, 0.15) is 6.42 Å². The number of nitrogens with zero attached hydrogens (tertiary/aromatic N) is 2. The first-order valence-corrected chi connectivity index (χ1v) is 10.7. The lowest BCUT2D eigenvalue weighted by atomic mass is 10.3. The highest BCUT2D eigenvalue weighted by molar-refractivity contribution is 7.99. The molecule has 1 fully saturated rings. The molecule has 1 aromatic rings. The molecule has 1 amide bonds. The Kier molecular flexibility index (Phi) is 7.57. The third-order valence-corrected chi connectivity index (χ3v) is 6.86. The average Bonchev–Trinajstić information content (AvgIpc) is 2.66. The van der Waals surface area contributed by atoms with Gasteiger partial charge in [0.1, 0.15) is 0 Å². The second kappa shape index (κ2) is 9.47. The summed E-state index contributed by atoms with van der Waals surface area (Å²) in [6.45, 7) is 0.567. The van der Waals surface area contributed by atoms with Crippen LogP contribution in [0.2, 0.25) is 0 Å². The molecule has 0 N–H and O–H groups in total. The Hall–Kier alpha value is -1.72. The number of benzene rings is 1. The Balaban J connectivity index is 1.86. The van der Waals surface area contributed by atoms with E-state index in [0.29, 0.717) is 11.8 Å². The lowest BCUT2D eigenvalue weighted by Crippen LogP contribution is -2.50. The lowest BCUT2D eigenvalue weighted by molar-refractivity contribution is -0.137. The molecule has 1 heterocycles. The van der Waals surface area contributed by atoms with Crippen LogP contribution in [0.5, 0.6) is 0 Å². The van der Waals surface area contributed by atoms with Crippen LogP contribution in [0.15, 0.2) is 23.1 Å². The van der Waals surface area contributed by atoms with Gasteiger partial charge in [0.2, 0.25) is 15.9 Å². The minimum Gasteiger partial charge on any atom is -0.468 e. The van der Waals surface area contributed by atoms with E-state index < -0.39 is 21.7 Å². The SMILES string of the molecule is COC(=O)CSCCC(=O)N1CCN(S(=O)(=O)c2ccc(F)c(F)c2)CC1. The number of methoxy groups -OCH3 is 1. The van der Waals surface area contributed by atoms with Crippen molar-refractivity contribution in [1.82, 2.24) is 9.21 Å². The third-order valence-electron chi connectivity index (χ3n) is 4.03. The number of carbonyl (C=O) groups excluding carboxylic acids is 2. The number of piperazine rings is 1. The first-order chi connectivity index (χ1) is 12.8. The molecule has 0 saturated carbocycles. The summed E-state index contributed by atoms with van der Waals surface area (Å²) in [5.41, 5.74) is 0. The average molecular weight is 422 g/mol. The normalized spacial score (nSPS) is 15.6. The van der Waals surface area contributed by atoms with Crippen molar-refractivity contribution in [2.24, 2.45) is 0 Å². The van der Waals surface area contributed by atoms with E-state index in [1.54, 1.807) is 4.90 Å². The molecule has 1 aliphatic heterocycles. The summed E-state index contributed by atoms with van der Waals surface area (Å²) in [5.74, 6) is -2.20. The van der Waals surface area contributed by atoms with Crippen molar-refractivity contribution in [3.8, 4) is 0 Å². The van der Waals surface area contributed by atoms with Crippen LogP contribution in [0.3, 0.4) is 0 Å². The fourth-order valence-corrected chi connectivity index (χ4v) is 4.68. The highest BCUT2D eigenvalue weighted by Crippen LogP contribution is 2.20. The van der Waals surface area contributed by atoms with Gasteiger partial charge in [0, 0.05) is 38.4 Å². The first kappa shape index (κ1) is 21.6. The van der Waals surface area contributed by atoms with E-state index in [1.807, 2.05) is 0 Å². The van der Waals surface area contributed by atoms with Gasteiger partial charge in [-0.25, -0.2) is 17.2 Å². The van der Waals surface area contributed by atoms with E-state index in [0.717, 1.165) is 16.4 Å². The summed E-state index contributed by atoms with van der Waals surface area (Å²) in [6.07, 6.45) is 0.234. The number of hydrogen-bond acceptors (Lipinski definition) is 6. The van der Waals surface area contributed by atoms with E-state index in [9.17, 15) is 26.8 Å². The van der Waals surface area contributed by atoms with Crippen molar-refractivity contribution < 1.29 is 31.5 Å². The van der Waals surface area contributed by atoms with E-state index >= 15 is 0 Å². The zero-order chi connectivity index (χ0) is 20.0. The van der Waals surface area contributed by atoms with E-state index in [-0.39, 0.29) is 55.1 Å². The number of rotatable bonds is 7. The molecule has 1 saturated heterocycles. The van der Waals surface area contributed by atoms with Crippen LogP contribution >= 0.6 is 11.8 Å². The van der Waals surface area contributed by atoms with Gasteiger partial charge in [-0.3, -0.25) is 9.59 Å². The zero-order valence-electron chi connectivity index (χ0n) is 14.7. The van der Waals surface area contributed by atoms with Crippen LogP contribution in [-0.4, -0.2) is 74.3 Å². The van der Waals surface area contributed by atoms with Gasteiger partial charge in [-0.1, -0.05) is 0 Å². The number of carbonyl (C=O) groups is 2. The Morgan fingerprint density at radius 3 is 2.41 bits per heavy atom. The van der Waals surface area contributed by atoms with Gasteiger partial charge in [0.05, 0.1) is 17.8 Å². The van der Waals surface area contributed by atoms with Crippen molar-refractivity contribution >= 4 is 33.7 Å². The molecule has 0 aromatic heterocycles. The van der Waals surface area contributed by atoms with Gasteiger partial charge in [-0.15, -0.1) is 11.8 Å². The smallest absolute Gasteiger partial charge is 0.315 e. The highest BCUT2D eigenvalue weighted by Gasteiger charge is 2.30. The maximum atomic E-state index is 13.3. The zero-order valence-corrected chi connectivity index (χ0v) is 16.3. The molecule has 1 aromatic carbocycles. The second-order valence-corrected chi connectivity index (χ2v) is 8.78. The number of halogens is 2. The monoisotopic (exact) mass is 422 g/mol. The molecular formula is C16H20F2N2O5S2. The van der Waals surface area contributed by atoms with E-state index in [4.69, 9.17) is 0 Å². The molecule has 7 nitrogen and oxygen atoms in total. The second-order valence-electron chi connectivity index (χ2n) is 5.74. The summed E-state index contributed by atoms with van der Waals surface area (Å²) in [5, 5.41) is 0. The van der Waals surface area contributed by atoms with Gasteiger partial charge < -0.3 is 9.64 Å². The summed E-state index contributed by atoms with van der Waals surface area (Å²) >= 11 is 1.29. The molecule has 2 rings (SSSR count). The Morgan fingerprint density at radius 2 is 1.81 bits per heavy atom. The van der Waals surface area contributed by atoms with Crippen LogP contribution in [-0.2, 0) is 24.3 Å². The molecule has 0 aliphatic carbocycles. The van der Waals surface area contributed by atoms with Crippen molar-refractivity contribution in [2.45, 2.75) is 11.3 Å². The number of hydrogen-bond donors (Lipinski definition) is 0. The molecule has 150 valence electrons. The van der Waals surface area contributed by atoms with Crippen molar-refractivity contribution in [3.05, 3.63) is 29.8 Å². The van der Waals surface area contributed by atoms with Crippen LogP contribution in [0.4, 0.5) is 8.78 Å². The molecule has 0 radical (unpaired) electrons. The van der Waals surface area contributed by atoms with E-state index in [2.05, 4.69) is 4.74 Å². The molecule has 0 atom stereocenters. The number of thioether (sulfide) groups is 1. The number of ether oxygens (including phenoxy) is 1. The summed E-state index contributed by atoms with van der Waals surface area (Å²) < 4.78 is 57.0. The highest BCUT2D eigenvalue weighted by atomic mass is 32.2. The Bertz CT molecular complexity index is 796. The van der Waals surface area contributed by atoms with Crippen molar-refractivity contribution in [3.63, 3.8) is 0 Å².